The van der Waals surface area contributed by atoms with Crippen molar-refractivity contribution >= 4 is 5.78 Å². The Bertz CT molecular complexity index is 417. The van der Waals surface area contributed by atoms with Gasteiger partial charge in [0.1, 0.15) is 0 Å². The SMILES string of the molecule is COC1CCCN(CC(=O)c2cccc(C)c2)C1. The third kappa shape index (κ3) is 3.40. The number of ketones is 1. The lowest BCUT2D eigenvalue weighted by Gasteiger charge is -2.31. The van der Waals surface area contributed by atoms with E-state index in [-0.39, 0.29) is 11.9 Å². The van der Waals surface area contributed by atoms with Crippen LogP contribution in [-0.2, 0) is 4.74 Å². The number of methoxy groups -OCH3 is 1. The standard InChI is InChI=1S/C15H21NO2/c1-12-5-3-6-13(9-12)15(17)11-16-8-4-7-14(10-16)18-2/h3,5-6,9,14H,4,7-8,10-11H2,1-2H3. The summed E-state index contributed by atoms with van der Waals surface area (Å²) in [5.41, 5.74) is 1.95. The summed E-state index contributed by atoms with van der Waals surface area (Å²) < 4.78 is 5.37. The summed E-state index contributed by atoms with van der Waals surface area (Å²) in [7, 11) is 1.75. The molecule has 3 heteroatoms. The minimum absolute atomic E-state index is 0.204. The van der Waals surface area contributed by atoms with Crippen LogP contribution in [-0.4, -0.2) is 43.5 Å². The molecular formula is C15H21NO2. The highest BCUT2D eigenvalue weighted by Gasteiger charge is 2.21. The van der Waals surface area contributed by atoms with Crippen LogP contribution in [0.2, 0.25) is 0 Å². The highest BCUT2D eigenvalue weighted by Crippen LogP contribution is 2.13. The molecule has 0 bridgehead atoms. The van der Waals surface area contributed by atoms with Crippen LogP contribution in [0, 0.1) is 6.92 Å². The maximum absolute atomic E-state index is 12.2. The Kier molecular flexibility index (Phi) is 4.50. The monoisotopic (exact) mass is 247 g/mol. The molecule has 0 radical (unpaired) electrons. The average Bonchev–Trinajstić information content (AvgIpc) is 2.39. The van der Waals surface area contributed by atoms with Gasteiger partial charge in [-0.3, -0.25) is 9.69 Å². The first-order valence-electron chi connectivity index (χ1n) is 6.54. The van der Waals surface area contributed by atoms with Gasteiger partial charge in [-0.25, -0.2) is 0 Å². The Morgan fingerprint density at radius 2 is 2.33 bits per heavy atom. The first-order valence-corrected chi connectivity index (χ1v) is 6.54. The molecule has 3 nitrogen and oxygen atoms in total. The quantitative estimate of drug-likeness (QED) is 0.765. The molecule has 0 amide bonds. The highest BCUT2D eigenvalue weighted by atomic mass is 16.5. The second-order valence-corrected chi connectivity index (χ2v) is 5.03. The molecule has 0 aromatic heterocycles. The van der Waals surface area contributed by atoms with Gasteiger partial charge >= 0.3 is 0 Å². The molecule has 0 saturated carbocycles. The summed E-state index contributed by atoms with van der Waals surface area (Å²) in [6, 6.07) is 7.81. The molecule has 1 heterocycles. The van der Waals surface area contributed by atoms with Gasteiger partial charge in [0.15, 0.2) is 5.78 Å². The number of Topliss-reactive ketones (excluding diaryl/α,β-unsaturated/α-hetero) is 1. The molecule has 1 aromatic rings. The molecule has 1 aliphatic heterocycles. The predicted octanol–water partition coefficient (Wildman–Crippen LogP) is 2.29. The van der Waals surface area contributed by atoms with Crippen molar-refractivity contribution < 1.29 is 9.53 Å². The molecule has 0 N–H and O–H groups in total. The summed E-state index contributed by atoms with van der Waals surface area (Å²) in [5.74, 6) is 0.204. The lowest BCUT2D eigenvalue weighted by molar-refractivity contribution is 0.0314. The number of carbonyl (C=O) groups is 1. The fourth-order valence-electron chi connectivity index (χ4n) is 2.46. The zero-order valence-electron chi connectivity index (χ0n) is 11.2. The van der Waals surface area contributed by atoms with Gasteiger partial charge in [0, 0.05) is 19.2 Å². The molecule has 1 atom stereocenters. The maximum Gasteiger partial charge on any atom is 0.176 e. The van der Waals surface area contributed by atoms with Crippen molar-refractivity contribution in [1.29, 1.82) is 0 Å². The second kappa shape index (κ2) is 6.12. The van der Waals surface area contributed by atoms with E-state index >= 15 is 0 Å². The Labute approximate surface area is 109 Å². The summed E-state index contributed by atoms with van der Waals surface area (Å²) in [6.45, 7) is 4.38. The Balaban J connectivity index is 1.95. The van der Waals surface area contributed by atoms with Gasteiger partial charge in [0.05, 0.1) is 12.6 Å². The van der Waals surface area contributed by atoms with Crippen LogP contribution in [0.5, 0.6) is 0 Å². The van der Waals surface area contributed by atoms with E-state index in [9.17, 15) is 4.79 Å². The Hall–Kier alpha value is -1.19. The fourth-order valence-corrected chi connectivity index (χ4v) is 2.46. The zero-order valence-corrected chi connectivity index (χ0v) is 11.2. The molecular weight excluding hydrogens is 226 g/mol. The van der Waals surface area contributed by atoms with Crippen molar-refractivity contribution in [2.75, 3.05) is 26.7 Å². The number of aryl methyl sites for hydroxylation is 1. The molecule has 1 aromatic carbocycles. The largest absolute Gasteiger partial charge is 0.380 e. The molecule has 0 spiro atoms. The minimum Gasteiger partial charge on any atom is -0.380 e. The Morgan fingerprint density at radius 1 is 1.50 bits per heavy atom. The summed E-state index contributed by atoms with van der Waals surface area (Å²) in [5, 5.41) is 0. The van der Waals surface area contributed by atoms with Crippen molar-refractivity contribution in [3.05, 3.63) is 35.4 Å². The van der Waals surface area contributed by atoms with Crippen LogP contribution in [0.1, 0.15) is 28.8 Å². The van der Waals surface area contributed by atoms with Crippen molar-refractivity contribution in [1.82, 2.24) is 4.90 Å². The number of nitrogens with zero attached hydrogens (tertiary/aromatic N) is 1. The summed E-state index contributed by atoms with van der Waals surface area (Å²) in [6.07, 6.45) is 2.50. The van der Waals surface area contributed by atoms with Crippen molar-refractivity contribution in [3.8, 4) is 0 Å². The van der Waals surface area contributed by atoms with E-state index in [1.54, 1.807) is 7.11 Å². The first kappa shape index (κ1) is 13.2. The van der Waals surface area contributed by atoms with Crippen LogP contribution < -0.4 is 0 Å². The second-order valence-electron chi connectivity index (χ2n) is 5.03. The summed E-state index contributed by atoms with van der Waals surface area (Å²) >= 11 is 0. The van der Waals surface area contributed by atoms with Crippen molar-refractivity contribution in [3.63, 3.8) is 0 Å². The molecule has 1 fully saturated rings. The van der Waals surface area contributed by atoms with E-state index in [0.717, 1.165) is 37.1 Å². The van der Waals surface area contributed by atoms with Crippen molar-refractivity contribution in [2.45, 2.75) is 25.9 Å². The number of ether oxygens (including phenoxy) is 1. The van der Waals surface area contributed by atoms with Crippen LogP contribution in [0.15, 0.2) is 24.3 Å². The van der Waals surface area contributed by atoms with E-state index in [1.165, 1.54) is 0 Å². The highest BCUT2D eigenvalue weighted by molar-refractivity contribution is 5.97. The van der Waals surface area contributed by atoms with E-state index in [1.807, 2.05) is 31.2 Å². The molecule has 1 unspecified atom stereocenters. The van der Waals surface area contributed by atoms with Gasteiger partial charge in [-0.1, -0.05) is 23.8 Å². The lowest BCUT2D eigenvalue weighted by Crippen LogP contribution is -2.41. The molecule has 2 rings (SSSR count). The molecule has 98 valence electrons. The maximum atomic E-state index is 12.2. The summed E-state index contributed by atoms with van der Waals surface area (Å²) in [4.78, 5) is 14.4. The predicted molar refractivity (Wildman–Crippen MR) is 72.0 cm³/mol. The smallest absolute Gasteiger partial charge is 0.176 e. The Morgan fingerprint density at radius 3 is 3.06 bits per heavy atom. The third-order valence-corrected chi connectivity index (χ3v) is 3.50. The van der Waals surface area contributed by atoms with Gasteiger partial charge in [-0.2, -0.15) is 0 Å². The van der Waals surface area contributed by atoms with Gasteiger partial charge < -0.3 is 4.74 Å². The van der Waals surface area contributed by atoms with E-state index in [4.69, 9.17) is 4.74 Å². The van der Waals surface area contributed by atoms with Crippen LogP contribution in [0.3, 0.4) is 0 Å². The van der Waals surface area contributed by atoms with Crippen molar-refractivity contribution in [2.24, 2.45) is 0 Å². The van der Waals surface area contributed by atoms with Gasteiger partial charge in [-0.15, -0.1) is 0 Å². The third-order valence-electron chi connectivity index (χ3n) is 3.50. The zero-order chi connectivity index (χ0) is 13.0. The lowest BCUT2D eigenvalue weighted by atomic mass is 10.0. The normalized spacial score (nSPS) is 20.9. The van der Waals surface area contributed by atoms with Gasteiger partial charge in [0.2, 0.25) is 0 Å². The van der Waals surface area contributed by atoms with Crippen LogP contribution in [0.4, 0.5) is 0 Å². The first-order chi connectivity index (χ1) is 8.69. The minimum atomic E-state index is 0.204. The molecule has 1 saturated heterocycles. The number of piperidine rings is 1. The number of likely N-dealkylation sites (tertiary alicyclic amines) is 1. The average molecular weight is 247 g/mol. The number of benzene rings is 1. The topological polar surface area (TPSA) is 29.5 Å². The number of rotatable bonds is 4. The molecule has 18 heavy (non-hydrogen) atoms. The van der Waals surface area contributed by atoms with Crippen LogP contribution in [0.25, 0.3) is 0 Å². The van der Waals surface area contributed by atoms with Crippen LogP contribution >= 0.6 is 0 Å². The number of hydrogen-bond donors (Lipinski definition) is 0. The fraction of sp³-hybridized carbons (Fsp3) is 0.533. The van der Waals surface area contributed by atoms with Gasteiger partial charge in [-0.05, 0) is 32.4 Å². The van der Waals surface area contributed by atoms with E-state index in [2.05, 4.69) is 4.90 Å². The van der Waals surface area contributed by atoms with E-state index in [0.29, 0.717) is 6.54 Å². The molecule has 1 aliphatic rings. The van der Waals surface area contributed by atoms with E-state index < -0.39 is 0 Å². The number of hydrogen-bond acceptors (Lipinski definition) is 3. The number of carbonyl (C=O) groups excluding carboxylic acids is 1. The molecule has 0 aliphatic carbocycles. The van der Waals surface area contributed by atoms with Gasteiger partial charge in [0.25, 0.3) is 0 Å².